The zero-order valence-corrected chi connectivity index (χ0v) is 13.0. The molecule has 3 rings (SSSR count). The van der Waals surface area contributed by atoms with E-state index in [9.17, 15) is 0 Å². The Morgan fingerprint density at radius 2 is 1.77 bits per heavy atom. The summed E-state index contributed by atoms with van der Waals surface area (Å²) in [4.78, 5) is 12.9. The van der Waals surface area contributed by atoms with Crippen molar-refractivity contribution in [3.05, 3.63) is 53.0 Å². The van der Waals surface area contributed by atoms with Gasteiger partial charge in [-0.2, -0.15) is 0 Å². The summed E-state index contributed by atoms with van der Waals surface area (Å²) in [5.41, 5.74) is 4.61. The predicted molar refractivity (Wildman–Crippen MR) is 89.3 cm³/mol. The van der Waals surface area contributed by atoms with Gasteiger partial charge >= 0.3 is 0 Å². The van der Waals surface area contributed by atoms with Gasteiger partial charge in [0.05, 0.1) is 15.2 Å². The maximum atomic E-state index is 8.92. The van der Waals surface area contributed by atoms with Gasteiger partial charge in [0.25, 0.3) is 6.47 Å². The van der Waals surface area contributed by atoms with Crippen molar-refractivity contribution in [1.29, 1.82) is 0 Å². The van der Waals surface area contributed by atoms with Crippen molar-refractivity contribution < 1.29 is 15.0 Å². The molecule has 0 aliphatic carbocycles. The fourth-order valence-electron chi connectivity index (χ4n) is 2.22. The average Bonchev–Trinajstić information content (AvgIpc) is 2.88. The number of aliphatic hydroxyl groups is 1. The highest BCUT2D eigenvalue weighted by molar-refractivity contribution is 7.18. The van der Waals surface area contributed by atoms with Crippen LogP contribution in [0, 0.1) is 6.92 Å². The Bertz CT molecular complexity index is 750. The fraction of sp³-hybridized carbons (Fsp3) is 0.176. The van der Waals surface area contributed by atoms with E-state index in [0.717, 1.165) is 16.1 Å². The third-order valence-corrected chi connectivity index (χ3v) is 4.13. The van der Waals surface area contributed by atoms with Gasteiger partial charge in [0.15, 0.2) is 0 Å². The first-order chi connectivity index (χ1) is 10.7. The van der Waals surface area contributed by atoms with Gasteiger partial charge in [-0.25, -0.2) is 4.98 Å². The number of carboxylic acid groups (broad SMARTS) is 1. The molecule has 0 aliphatic heterocycles. The van der Waals surface area contributed by atoms with Crippen molar-refractivity contribution in [3.63, 3.8) is 0 Å². The summed E-state index contributed by atoms with van der Waals surface area (Å²) < 4.78 is 1.23. The van der Waals surface area contributed by atoms with Crippen LogP contribution in [-0.2, 0) is 11.2 Å². The van der Waals surface area contributed by atoms with Crippen LogP contribution in [0.15, 0.2) is 42.5 Å². The number of nitrogens with zero attached hydrogens (tertiary/aromatic N) is 1. The van der Waals surface area contributed by atoms with Crippen LogP contribution >= 0.6 is 11.3 Å². The largest absolute Gasteiger partial charge is 0.483 e. The fourth-order valence-corrected chi connectivity index (χ4v) is 3.02. The molecule has 5 heteroatoms. The van der Waals surface area contributed by atoms with Gasteiger partial charge in [-0.15, -0.1) is 11.3 Å². The number of carbonyl (C=O) groups is 1. The summed E-state index contributed by atoms with van der Waals surface area (Å²) in [7, 11) is 0. The molecule has 2 N–H and O–H groups in total. The number of aliphatic hydroxyl groups excluding tert-OH is 1. The van der Waals surface area contributed by atoms with E-state index < -0.39 is 0 Å². The first-order valence-corrected chi connectivity index (χ1v) is 7.65. The van der Waals surface area contributed by atoms with Crippen LogP contribution in [-0.4, -0.2) is 28.3 Å². The molecule has 0 saturated carbocycles. The lowest BCUT2D eigenvalue weighted by Crippen LogP contribution is -1.89. The minimum Gasteiger partial charge on any atom is -0.483 e. The van der Waals surface area contributed by atoms with Crippen molar-refractivity contribution in [3.8, 4) is 11.1 Å². The minimum absolute atomic E-state index is 0.198. The van der Waals surface area contributed by atoms with E-state index in [4.69, 9.17) is 15.0 Å². The van der Waals surface area contributed by atoms with Gasteiger partial charge in [0, 0.05) is 6.61 Å². The number of fused-ring (bicyclic) bond motifs is 1. The van der Waals surface area contributed by atoms with Crippen LogP contribution in [0.2, 0.25) is 0 Å². The second-order valence-electron chi connectivity index (χ2n) is 4.69. The first kappa shape index (κ1) is 16.1. The van der Waals surface area contributed by atoms with E-state index in [0.29, 0.717) is 6.42 Å². The lowest BCUT2D eigenvalue weighted by Gasteiger charge is -2.03. The van der Waals surface area contributed by atoms with Crippen LogP contribution in [0.3, 0.4) is 0 Å². The molecule has 0 saturated heterocycles. The molecule has 1 aromatic heterocycles. The molecule has 22 heavy (non-hydrogen) atoms. The lowest BCUT2D eigenvalue weighted by molar-refractivity contribution is -0.122. The third-order valence-electron chi connectivity index (χ3n) is 3.18. The monoisotopic (exact) mass is 315 g/mol. The topological polar surface area (TPSA) is 70.4 Å². The van der Waals surface area contributed by atoms with Crippen LogP contribution in [0.25, 0.3) is 21.3 Å². The molecule has 3 aromatic rings. The van der Waals surface area contributed by atoms with E-state index in [1.54, 1.807) is 11.3 Å². The third kappa shape index (κ3) is 3.90. The zero-order valence-electron chi connectivity index (χ0n) is 12.2. The van der Waals surface area contributed by atoms with Crippen molar-refractivity contribution in [1.82, 2.24) is 4.98 Å². The molecule has 0 fully saturated rings. The Kier molecular flexibility index (Phi) is 5.63. The summed E-state index contributed by atoms with van der Waals surface area (Å²) in [6, 6.07) is 14.8. The van der Waals surface area contributed by atoms with Crippen LogP contribution in [0.1, 0.15) is 10.6 Å². The summed E-state index contributed by atoms with van der Waals surface area (Å²) in [6.45, 7) is 1.98. The Labute approximate surface area is 132 Å². The van der Waals surface area contributed by atoms with Crippen LogP contribution < -0.4 is 0 Å². The van der Waals surface area contributed by atoms with E-state index in [-0.39, 0.29) is 13.1 Å². The van der Waals surface area contributed by atoms with E-state index >= 15 is 0 Å². The van der Waals surface area contributed by atoms with Crippen molar-refractivity contribution in [2.75, 3.05) is 6.61 Å². The Morgan fingerprint density at radius 3 is 2.41 bits per heavy atom. The van der Waals surface area contributed by atoms with Gasteiger partial charge < -0.3 is 10.2 Å². The molecular formula is C17H17NO3S. The van der Waals surface area contributed by atoms with Gasteiger partial charge in [-0.05, 0) is 42.2 Å². The number of thiazole rings is 1. The SMILES string of the molecule is Cc1nc2cc(-c3ccc(CCO)cc3)ccc2s1.O=CO. The molecule has 0 aliphatic rings. The molecule has 0 radical (unpaired) electrons. The molecule has 4 nitrogen and oxygen atoms in total. The number of hydrogen-bond acceptors (Lipinski definition) is 4. The molecule has 1 heterocycles. The Balaban J connectivity index is 0.000000545. The van der Waals surface area contributed by atoms with E-state index in [2.05, 4.69) is 47.4 Å². The predicted octanol–water partition coefficient (Wildman–Crippen LogP) is 3.51. The first-order valence-electron chi connectivity index (χ1n) is 6.83. The van der Waals surface area contributed by atoms with Gasteiger partial charge in [-0.1, -0.05) is 30.3 Å². The highest BCUT2D eigenvalue weighted by atomic mass is 32.1. The number of aryl methyl sites for hydroxylation is 1. The van der Waals surface area contributed by atoms with Gasteiger partial charge in [0.1, 0.15) is 0 Å². The zero-order chi connectivity index (χ0) is 15.9. The molecule has 0 unspecified atom stereocenters. The molecule has 0 spiro atoms. The summed E-state index contributed by atoms with van der Waals surface area (Å²) in [5, 5.41) is 16.9. The standard InChI is InChI=1S/C16H15NOS.CH2O2/c1-11-17-15-10-14(6-7-16(15)19-11)13-4-2-12(3-5-13)8-9-18;2-1-3/h2-7,10,18H,8-9H2,1H3;1H,(H,2,3). The van der Waals surface area contributed by atoms with Gasteiger partial charge in [0.2, 0.25) is 0 Å². The van der Waals surface area contributed by atoms with E-state index in [1.807, 2.05) is 6.92 Å². The van der Waals surface area contributed by atoms with Gasteiger partial charge in [-0.3, -0.25) is 4.79 Å². The maximum Gasteiger partial charge on any atom is 0.290 e. The number of hydrogen-bond donors (Lipinski definition) is 2. The molecule has 0 bridgehead atoms. The summed E-state index contributed by atoms with van der Waals surface area (Å²) >= 11 is 1.73. The average molecular weight is 315 g/mol. The van der Waals surface area contributed by atoms with Crippen LogP contribution in [0.4, 0.5) is 0 Å². The smallest absolute Gasteiger partial charge is 0.290 e. The number of benzene rings is 2. The van der Waals surface area contributed by atoms with Crippen LogP contribution in [0.5, 0.6) is 0 Å². The van der Waals surface area contributed by atoms with E-state index in [1.165, 1.54) is 15.8 Å². The Hall–Kier alpha value is -2.24. The minimum atomic E-state index is -0.250. The highest BCUT2D eigenvalue weighted by Gasteiger charge is 2.03. The molecule has 2 aromatic carbocycles. The second kappa shape index (κ2) is 7.68. The molecular weight excluding hydrogens is 298 g/mol. The quantitative estimate of drug-likeness (QED) is 0.726. The normalized spacial score (nSPS) is 10.1. The maximum absolute atomic E-state index is 8.92. The lowest BCUT2D eigenvalue weighted by atomic mass is 10.0. The molecule has 114 valence electrons. The second-order valence-corrected chi connectivity index (χ2v) is 5.93. The molecule has 0 amide bonds. The van der Waals surface area contributed by atoms with Crippen molar-refractivity contribution in [2.45, 2.75) is 13.3 Å². The summed E-state index contributed by atoms with van der Waals surface area (Å²) in [5.74, 6) is 0. The molecule has 0 atom stereocenters. The van der Waals surface area contributed by atoms with Crippen molar-refractivity contribution >= 4 is 28.0 Å². The van der Waals surface area contributed by atoms with Crippen molar-refractivity contribution in [2.24, 2.45) is 0 Å². The summed E-state index contributed by atoms with van der Waals surface area (Å²) in [6.07, 6.45) is 0.713. The number of rotatable bonds is 3. The number of aromatic nitrogens is 1. The highest BCUT2D eigenvalue weighted by Crippen LogP contribution is 2.27. The Morgan fingerprint density at radius 1 is 1.14 bits per heavy atom.